The summed E-state index contributed by atoms with van der Waals surface area (Å²) in [5.41, 5.74) is 1.64. The Morgan fingerprint density at radius 3 is 2.61 bits per heavy atom. The van der Waals surface area contributed by atoms with E-state index < -0.39 is 0 Å². The molecule has 0 spiro atoms. The van der Waals surface area contributed by atoms with E-state index >= 15 is 0 Å². The molecule has 0 unspecified atom stereocenters. The number of nitrogens with zero attached hydrogens (tertiary/aromatic N) is 3. The molecule has 0 radical (unpaired) electrons. The summed E-state index contributed by atoms with van der Waals surface area (Å²) in [6.07, 6.45) is 2.50. The molecule has 0 bridgehead atoms. The molecule has 2 aromatic heterocycles. The van der Waals surface area contributed by atoms with E-state index in [0.29, 0.717) is 11.7 Å². The van der Waals surface area contributed by atoms with E-state index in [0.717, 1.165) is 17.7 Å². The Morgan fingerprint density at radius 1 is 1.22 bits per heavy atom. The molecule has 4 nitrogen and oxygen atoms in total. The highest BCUT2D eigenvalue weighted by atomic mass is 16.1. The SMILES string of the molecule is Cc1ccc(-n2cccc(CC(C)C)c2=O)nn1. The zero-order valence-electron chi connectivity index (χ0n) is 10.9. The third-order valence-electron chi connectivity index (χ3n) is 2.68. The molecule has 2 rings (SSSR count). The van der Waals surface area contributed by atoms with Crippen LogP contribution in [0.4, 0.5) is 0 Å². The maximum atomic E-state index is 12.3. The summed E-state index contributed by atoms with van der Waals surface area (Å²) < 4.78 is 1.55. The molecule has 2 heterocycles. The Hall–Kier alpha value is -1.97. The molecule has 0 aliphatic rings. The lowest BCUT2D eigenvalue weighted by Gasteiger charge is -2.08. The van der Waals surface area contributed by atoms with Gasteiger partial charge in [-0.05, 0) is 37.5 Å². The highest BCUT2D eigenvalue weighted by molar-refractivity contribution is 5.25. The second-order valence-electron chi connectivity index (χ2n) is 4.84. The van der Waals surface area contributed by atoms with Crippen LogP contribution in [0.25, 0.3) is 5.82 Å². The van der Waals surface area contributed by atoms with E-state index in [1.54, 1.807) is 10.8 Å². The zero-order valence-corrected chi connectivity index (χ0v) is 10.9. The quantitative estimate of drug-likeness (QED) is 0.829. The van der Waals surface area contributed by atoms with Gasteiger partial charge in [0.25, 0.3) is 5.56 Å². The maximum absolute atomic E-state index is 12.3. The summed E-state index contributed by atoms with van der Waals surface area (Å²) in [5.74, 6) is 1.02. The van der Waals surface area contributed by atoms with Crippen LogP contribution in [0.5, 0.6) is 0 Å². The monoisotopic (exact) mass is 243 g/mol. The Balaban J connectivity index is 2.46. The standard InChI is InChI=1S/C14H17N3O/c1-10(2)9-12-5-4-8-17(14(12)18)13-7-6-11(3)15-16-13/h4-8,10H,9H2,1-3H3. The summed E-state index contributed by atoms with van der Waals surface area (Å²) in [6, 6.07) is 7.41. The van der Waals surface area contributed by atoms with Crippen LogP contribution in [0.1, 0.15) is 25.1 Å². The molecule has 2 aromatic rings. The van der Waals surface area contributed by atoms with E-state index in [9.17, 15) is 4.79 Å². The van der Waals surface area contributed by atoms with Gasteiger partial charge in [-0.15, -0.1) is 5.10 Å². The zero-order chi connectivity index (χ0) is 13.1. The number of hydrogen-bond donors (Lipinski definition) is 0. The van der Waals surface area contributed by atoms with Crippen molar-refractivity contribution in [1.82, 2.24) is 14.8 Å². The first kappa shape index (κ1) is 12.5. The number of rotatable bonds is 3. The van der Waals surface area contributed by atoms with Crippen molar-refractivity contribution in [1.29, 1.82) is 0 Å². The first-order chi connectivity index (χ1) is 8.58. The first-order valence-electron chi connectivity index (χ1n) is 6.09. The molecule has 0 aliphatic heterocycles. The minimum Gasteiger partial charge on any atom is -0.269 e. The highest BCUT2D eigenvalue weighted by Crippen LogP contribution is 2.05. The summed E-state index contributed by atoms with van der Waals surface area (Å²) in [5, 5.41) is 8.02. The largest absolute Gasteiger partial charge is 0.269 e. The molecule has 0 fully saturated rings. The van der Waals surface area contributed by atoms with Crippen molar-refractivity contribution in [2.24, 2.45) is 5.92 Å². The maximum Gasteiger partial charge on any atom is 0.259 e. The molecule has 94 valence electrons. The van der Waals surface area contributed by atoms with Crippen molar-refractivity contribution < 1.29 is 0 Å². The highest BCUT2D eigenvalue weighted by Gasteiger charge is 2.07. The Labute approximate surface area is 106 Å². The Morgan fingerprint density at radius 2 is 2.00 bits per heavy atom. The van der Waals surface area contributed by atoms with E-state index in [2.05, 4.69) is 24.0 Å². The molecule has 0 N–H and O–H groups in total. The Bertz CT molecular complexity index is 585. The molecule has 18 heavy (non-hydrogen) atoms. The van der Waals surface area contributed by atoms with Gasteiger partial charge in [-0.3, -0.25) is 9.36 Å². The van der Waals surface area contributed by atoms with E-state index in [4.69, 9.17) is 0 Å². The lowest BCUT2D eigenvalue weighted by molar-refractivity contribution is 0.638. The number of aromatic nitrogens is 3. The van der Waals surface area contributed by atoms with Crippen molar-refractivity contribution in [3.63, 3.8) is 0 Å². The molecule has 0 atom stereocenters. The average molecular weight is 243 g/mol. The van der Waals surface area contributed by atoms with Gasteiger partial charge in [-0.25, -0.2) is 0 Å². The van der Waals surface area contributed by atoms with E-state index in [1.807, 2.05) is 31.2 Å². The van der Waals surface area contributed by atoms with E-state index in [-0.39, 0.29) is 5.56 Å². The second kappa shape index (κ2) is 5.12. The number of pyridine rings is 1. The molecule has 0 aliphatic carbocycles. The first-order valence-corrected chi connectivity index (χ1v) is 6.09. The lowest BCUT2D eigenvalue weighted by Crippen LogP contribution is -2.23. The minimum atomic E-state index is -0.00986. The predicted octanol–water partition coefficient (Wildman–Crippen LogP) is 2.13. The fourth-order valence-electron chi connectivity index (χ4n) is 1.83. The van der Waals surface area contributed by atoms with Crippen molar-refractivity contribution in [2.45, 2.75) is 27.2 Å². The molecule has 0 saturated carbocycles. The van der Waals surface area contributed by atoms with Gasteiger partial charge < -0.3 is 0 Å². The average Bonchev–Trinajstić information content (AvgIpc) is 2.33. The van der Waals surface area contributed by atoms with Gasteiger partial charge in [0.15, 0.2) is 5.82 Å². The van der Waals surface area contributed by atoms with Gasteiger partial charge in [0.2, 0.25) is 0 Å². The van der Waals surface area contributed by atoms with Gasteiger partial charge >= 0.3 is 0 Å². The van der Waals surface area contributed by atoms with Crippen molar-refractivity contribution >= 4 is 0 Å². The number of hydrogen-bond acceptors (Lipinski definition) is 3. The van der Waals surface area contributed by atoms with Crippen LogP contribution in [0.3, 0.4) is 0 Å². The van der Waals surface area contributed by atoms with Crippen LogP contribution < -0.4 is 5.56 Å². The third kappa shape index (κ3) is 2.64. The molecule has 0 aromatic carbocycles. The third-order valence-corrected chi connectivity index (χ3v) is 2.68. The van der Waals surface area contributed by atoms with Gasteiger partial charge in [-0.1, -0.05) is 19.9 Å². The van der Waals surface area contributed by atoms with Crippen molar-refractivity contribution in [2.75, 3.05) is 0 Å². The van der Waals surface area contributed by atoms with Crippen LogP contribution in [0.2, 0.25) is 0 Å². The fraction of sp³-hybridized carbons (Fsp3) is 0.357. The van der Waals surface area contributed by atoms with Crippen molar-refractivity contribution in [3.05, 3.63) is 52.1 Å². The molecular formula is C14H17N3O. The lowest BCUT2D eigenvalue weighted by atomic mass is 10.0. The van der Waals surface area contributed by atoms with E-state index in [1.165, 1.54) is 0 Å². The fourth-order valence-corrected chi connectivity index (χ4v) is 1.83. The van der Waals surface area contributed by atoms with Crippen molar-refractivity contribution in [3.8, 4) is 5.82 Å². The predicted molar refractivity (Wildman–Crippen MR) is 70.9 cm³/mol. The summed E-state index contributed by atoms with van der Waals surface area (Å²) >= 11 is 0. The number of aryl methyl sites for hydroxylation is 1. The van der Waals surface area contributed by atoms with Crippen LogP contribution in [0, 0.1) is 12.8 Å². The van der Waals surface area contributed by atoms with Crippen LogP contribution in [-0.4, -0.2) is 14.8 Å². The Kier molecular flexibility index (Phi) is 3.55. The second-order valence-corrected chi connectivity index (χ2v) is 4.84. The normalized spacial score (nSPS) is 10.9. The molecule has 0 amide bonds. The van der Waals surface area contributed by atoms with Gasteiger partial charge in [0.1, 0.15) is 0 Å². The topological polar surface area (TPSA) is 47.8 Å². The summed E-state index contributed by atoms with van der Waals surface area (Å²) in [6.45, 7) is 6.07. The van der Waals surface area contributed by atoms with Gasteiger partial charge in [0.05, 0.1) is 5.69 Å². The smallest absolute Gasteiger partial charge is 0.259 e. The van der Waals surface area contributed by atoms with Gasteiger partial charge in [-0.2, -0.15) is 5.10 Å². The summed E-state index contributed by atoms with van der Waals surface area (Å²) in [4.78, 5) is 12.3. The summed E-state index contributed by atoms with van der Waals surface area (Å²) in [7, 11) is 0. The minimum absolute atomic E-state index is 0.00986. The van der Waals surface area contributed by atoms with Crippen LogP contribution >= 0.6 is 0 Å². The van der Waals surface area contributed by atoms with Gasteiger partial charge in [0, 0.05) is 11.8 Å². The molecule has 0 saturated heterocycles. The molecule has 4 heteroatoms. The van der Waals surface area contributed by atoms with Crippen LogP contribution in [0.15, 0.2) is 35.3 Å². The van der Waals surface area contributed by atoms with Crippen LogP contribution in [-0.2, 0) is 6.42 Å². The molecular weight excluding hydrogens is 226 g/mol.